The van der Waals surface area contributed by atoms with Crippen LogP contribution in [0.25, 0.3) is 0 Å². The molecule has 19 heavy (non-hydrogen) atoms. The van der Waals surface area contributed by atoms with E-state index >= 15 is 0 Å². The minimum Gasteiger partial charge on any atom is -0.493 e. The van der Waals surface area contributed by atoms with Gasteiger partial charge in [0.05, 0.1) is 20.1 Å². The molecule has 0 radical (unpaired) electrons. The Morgan fingerprint density at radius 2 is 1.84 bits per heavy atom. The Kier molecular flexibility index (Phi) is 5.67. The van der Waals surface area contributed by atoms with Gasteiger partial charge in [-0.15, -0.1) is 0 Å². The van der Waals surface area contributed by atoms with Crippen molar-refractivity contribution in [1.29, 1.82) is 0 Å². The van der Waals surface area contributed by atoms with Crippen LogP contribution in [0.1, 0.15) is 25.8 Å². The molecule has 0 aliphatic heterocycles. The van der Waals surface area contributed by atoms with E-state index in [1.807, 2.05) is 32.0 Å². The molecule has 0 bridgehead atoms. The number of hydrogen-bond donors (Lipinski definition) is 1. The molecular weight excluding hydrogens is 244 g/mol. The van der Waals surface area contributed by atoms with Gasteiger partial charge in [-0.05, 0) is 36.5 Å². The summed E-state index contributed by atoms with van der Waals surface area (Å²) in [4.78, 5) is 11.3. The zero-order valence-corrected chi connectivity index (χ0v) is 12.0. The molecule has 4 heteroatoms. The molecule has 0 aliphatic carbocycles. The van der Waals surface area contributed by atoms with E-state index in [0.717, 1.165) is 5.56 Å². The fraction of sp³-hybridized carbons (Fsp3) is 0.533. The molecule has 0 saturated carbocycles. The van der Waals surface area contributed by atoms with Gasteiger partial charge < -0.3 is 14.6 Å². The van der Waals surface area contributed by atoms with Crippen molar-refractivity contribution < 1.29 is 19.4 Å². The maximum atomic E-state index is 11.3. The van der Waals surface area contributed by atoms with Crippen LogP contribution in [-0.2, 0) is 11.2 Å². The highest BCUT2D eigenvalue weighted by atomic mass is 16.5. The van der Waals surface area contributed by atoms with E-state index < -0.39 is 5.97 Å². The summed E-state index contributed by atoms with van der Waals surface area (Å²) in [7, 11) is 3.15. The minimum absolute atomic E-state index is 0.362. The van der Waals surface area contributed by atoms with E-state index in [9.17, 15) is 9.90 Å². The summed E-state index contributed by atoms with van der Waals surface area (Å²) in [5.74, 6) is 0.540. The van der Waals surface area contributed by atoms with E-state index in [2.05, 4.69) is 0 Å². The first-order valence-corrected chi connectivity index (χ1v) is 6.41. The number of carboxylic acids is 1. The molecule has 1 aromatic carbocycles. The van der Waals surface area contributed by atoms with E-state index in [1.54, 1.807) is 14.2 Å². The first-order chi connectivity index (χ1) is 8.97. The fourth-order valence-corrected chi connectivity index (χ4v) is 2.13. The monoisotopic (exact) mass is 266 g/mol. The zero-order valence-electron chi connectivity index (χ0n) is 12.0. The standard InChI is InChI=1S/C15H22O4/c1-10(2)7-12(15(16)17)8-11-5-6-13(18-3)14(9-11)19-4/h5-6,9-10,12H,7-8H2,1-4H3,(H,16,17). The molecule has 1 N–H and O–H groups in total. The SMILES string of the molecule is COc1ccc(CC(CC(C)C)C(=O)O)cc1OC. The third-order valence-corrected chi connectivity index (χ3v) is 3.04. The van der Waals surface area contributed by atoms with Gasteiger partial charge in [0.2, 0.25) is 0 Å². The van der Waals surface area contributed by atoms with E-state index in [1.165, 1.54) is 0 Å². The molecular formula is C15H22O4. The second-order valence-electron chi connectivity index (χ2n) is 5.06. The Labute approximate surface area is 114 Å². The number of ether oxygens (including phenoxy) is 2. The number of rotatable bonds is 7. The Bertz CT molecular complexity index is 426. The van der Waals surface area contributed by atoms with Crippen LogP contribution >= 0.6 is 0 Å². The van der Waals surface area contributed by atoms with Gasteiger partial charge in [0.15, 0.2) is 11.5 Å². The maximum absolute atomic E-state index is 11.3. The molecule has 1 rings (SSSR count). The smallest absolute Gasteiger partial charge is 0.306 e. The summed E-state index contributed by atoms with van der Waals surface area (Å²) in [5.41, 5.74) is 0.950. The largest absolute Gasteiger partial charge is 0.493 e. The molecule has 4 nitrogen and oxygen atoms in total. The number of aliphatic carboxylic acids is 1. The van der Waals surface area contributed by atoms with Crippen LogP contribution < -0.4 is 9.47 Å². The summed E-state index contributed by atoms with van der Waals surface area (Å²) in [5, 5.41) is 9.25. The molecule has 0 heterocycles. The molecule has 0 aromatic heterocycles. The van der Waals surface area contributed by atoms with Gasteiger partial charge in [-0.1, -0.05) is 19.9 Å². The van der Waals surface area contributed by atoms with Gasteiger partial charge in [-0.3, -0.25) is 4.79 Å². The van der Waals surface area contributed by atoms with Crippen molar-refractivity contribution >= 4 is 5.97 Å². The van der Waals surface area contributed by atoms with Crippen LogP contribution in [0.5, 0.6) is 11.5 Å². The maximum Gasteiger partial charge on any atom is 0.306 e. The Morgan fingerprint density at radius 1 is 1.21 bits per heavy atom. The topological polar surface area (TPSA) is 55.8 Å². The van der Waals surface area contributed by atoms with E-state index in [4.69, 9.17) is 9.47 Å². The van der Waals surface area contributed by atoms with E-state index in [0.29, 0.717) is 30.3 Å². The van der Waals surface area contributed by atoms with Gasteiger partial charge >= 0.3 is 5.97 Å². The summed E-state index contributed by atoms with van der Waals surface area (Å²) in [6, 6.07) is 5.54. The number of benzene rings is 1. The van der Waals surface area contributed by atoms with Crippen LogP contribution in [0.4, 0.5) is 0 Å². The molecule has 106 valence electrons. The van der Waals surface area contributed by atoms with Crippen molar-refractivity contribution in [2.45, 2.75) is 26.7 Å². The lowest BCUT2D eigenvalue weighted by Crippen LogP contribution is -2.18. The first-order valence-electron chi connectivity index (χ1n) is 6.41. The molecule has 1 atom stereocenters. The highest BCUT2D eigenvalue weighted by Crippen LogP contribution is 2.29. The van der Waals surface area contributed by atoms with Gasteiger partial charge in [0, 0.05) is 0 Å². The average Bonchev–Trinajstić information content (AvgIpc) is 2.37. The Hall–Kier alpha value is -1.71. The number of carbonyl (C=O) groups is 1. The third kappa shape index (κ3) is 4.47. The van der Waals surface area contributed by atoms with Gasteiger partial charge in [-0.2, -0.15) is 0 Å². The summed E-state index contributed by atoms with van der Waals surface area (Å²) in [6.45, 7) is 4.06. The molecule has 1 aromatic rings. The van der Waals surface area contributed by atoms with Gasteiger partial charge in [-0.25, -0.2) is 0 Å². The van der Waals surface area contributed by atoms with Gasteiger partial charge in [0.1, 0.15) is 0 Å². The summed E-state index contributed by atoms with van der Waals surface area (Å²) in [6.07, 6.45) is 1.18. The second-order valence-corrected chi connectivity index (χ2v) is 5.06. The van der Waals surface area contributed by atoms with Crippen LogP contribution in [0, 0.1) is 11.8 Å². The average molecular weight is 266 g/mol. The van der Waals surface area contributed by atoms with Crippen molar-refractivity contribution in [2.75, 3.05) is 14.2 Å². The van der Waals surface area contributed by atoms with Gasteiger partial charge in [0.25, 0.3) is 0 Å². The molecule has 0 fully saturated rings. The number of hydrogen-bond acceptors (Lipinski definition) is 3. The fourth-order valence-electron chi connectivity index (χ4n) is 2.13. The van der Waals surface area contributed by atoms with E-state index in [-0.39, 0.29) is 5.92 Å². The number of methoxy groups -OCH3 is 2. The summed E-state index contributed by atoms with van der Waals surface area (Å²) < 4.78 is 10.4. The second kappa shape index (κ2) is 7.02. The quantitative estimate of drug-likeness (QED) is 0.824. The predicted molar refractivity (Wildman–Crippen MR) is 73.8 cm³/mol. The summed E-state index contributed by atoms with van der Waals surface area (Å²) >= 11 is 0. The first kappa shape index (κ1) is 15.3. The molecule has 0 spiro atoms. The lowest BCUT2D eigenvalue weighted by Gasteiger charge is -2.16. The van der Waals surface area contributed by atoms with Crippen molar-refractivity contribution in [1.82, 2.24) is 0 Å². The van der Waals surface area contributed by atoms with Crippen molar-refractivity contribution in [3.05, 3.63) is 23.8 Å². The Balaban J connectivity index is 2.87. The van der Waals surface area contributed by atoms with Crippen LogP contribution in [-0.4, -0.2) is 25.3 Å². The number of carboxylic acid groups (broad SMARTS) is 1. The zero-order chi connectivity index (χ0) is 14.4. The minimum atomic E-state index is -0.747. The lowest BCUT2D eigenvalue weighted by atomic mass is 9.91. The van der Waals surface area contributed by atoms with Crippen LogP contribution in [0.2, 0.25) is 0 Å². The highest BCUT2D eigenvalue weighted by molar-refractivity contribution is 5.70. The third-order valence-electron chi connectivity index (χ3n) is 3.04. The molecule has 0 aliphatic rings. The van der Waals surface area contributed by atoms with Crippen molar-refractivity contribution in [3.63, 3.8) is 0 Å². The Morgan fingerprint density at radius 3 is 2.32 bits per heavy atom. The van der Waals surface area contributed by atoms with Crippen molar-refractivity contribution in [2.24, 2.45) is 11.8 Å². The molecule has 0 saturated heterocycles. The van der Waals surface area contributed by atoms with Crippen LogP contribution in [0.3, 0.4) is 0 Å². The molecule has 1 unspecified atom stereocenters. The normalized spacial score (nSPS) is 12.3. The molecule has 0 amide bonds. The predicted octanol–water partition coefficient (Wildman–Crippen LogP) is 2.99. The lowest BCUT2D eigenvalue weighted by molar-refractivity contribution is -0.142. The van der Waals surface area contributed by atoms with Crippen LogP contribution in [0.15, 0.2) is 18.2 Å². The van der Waals surface area contributed by atoms with Crippen molar-refractivity contribution in [3.8, 4) is 11.5 Å². The highest BCUT2D eigenvalue weighted by Gasteiger charge is 2.20.